The molecule has 1 heterocycles. The third-order valence-electron chi connectivity index (χ3n) is 5.69. The van der Waals surface area contributed by atoms with E-state index in [1.54, 1.807) is 0 Å². The van der Waals surface area contributed by atoms with Crippen LogP contribution in [0.15, 0.2) is 42.5 Å². The van der Waals surface area contributed by atoms with Crippen LogP contribution in [-0.2, 0) is 6.61 Å². The molecule has 0 spiro atoms. The van der Waals surface area contributed by atoms with Crippen LogP contribution in [0.3, 0.4) is 0 Å². The molecule has 0 unspecified atom stereocenters. The molecule has 2 aromatic carbocycles. The molecule has 0 aromatic heterocycles. The van der Waals surface area contributed by atoms with E-state index in [0.29, 0.717) is 6.61 Å². The maximum Gasteiger partial charge on any atom is 0.125 e. The van der Waals surface area contributed by atoms with Crippen LogP contribution in [0.5, 0.6) is 5.75 Å². The molecule has 1 aliphatic rings. The first kappa shape index (κ1) is 23.7. The average Bonchev–Trinajstić information content (AvgIpc) is 2.69. The Labute approximate surface area is 181 Å². The quantitative estimate of drug-likeness (QED) is 0.704. The second kappa shape index (κ2) is 10.4. The van der Waals surface area contributed by atoms with Crippen LogP contribution in [-0.4, -0.2) is 42.8 Å². The van der Waals surface area contributed by atoms with Crippen LogP contribution in [0, 0.1) is 19.3 Å². The number of rotatable bonds is 7. The summed E-state index contributed by atoms with van der Waals surface area (Å²) in [6.07, 6.45) is 0. The first-order chi connectivity index (χ1) is 13.4. The van der Waals surface area contributed by atoms with Crippen molar-refractivity contribution in [1.82, 2.24) is 10.2 Å². The van der Waals surface area contributed by atoms with E-state index in [-0.39, 0.29) is 30.5 Å². The lowest BCUT2D eigenvalue weighted by atomic mass is 9.79. The Morgan fingerprint density at radius 2 is 1.66 bits per heavy atom. The van der Waals surface area contributed by atoms with Gasteiger partial charge in [0.2, 0.25) is 0 Å². The predicted molar refractivity (Wildman–Crippen MR) is 122 cm³/mol. The number of aryl methyl sites for hydroxylation is 2. The maximum absolute atomic E-state index is 10.1. The molecule has 4 nitrogen and oxygen atoms in total. The number of nitrogens with zero attached hydrogens (tertiary/aromatic N) is 1. The fourth-order valence-corrected chi connectivity index (χ4v) is 4.28. The molecule has 5 heteroatoms. The monoisotopic (exact) mass is 418 g/mol. The van der Waals surface area contributed by atoms with Gasteiger partial charge >= 0.3 is 0 Å². The van der Waals surface area contributed by atoms with Crippen LogP contribution in [0.2, 0.25) is 0 Å². The molecular weight excluding hydrogens is 384 g/mol. The minimum absolute atomic E-state index is 0. The van der Waals surface area contributed by atoms with Crippen LogP contribution in [0.25, 0.3) is 0 Å². The van der Waals surface area contributed by atoms with Gasteiger partial charge in [-0.15, -0.1) is 12.4 Å². The van der Waals surface area contributed by atoms with Crippen LogP contribution in [0.1, 0.15) is 42.1 Å². The van der Waals surface area contributed by atoms with Gasteiger partial charge in [-0.1, -0.05) is 56.3 Å². The SMILES string of the molecule is Cc1cc([C@@H](N2CCNCC2)C(C)(C)CO)cc(C)c1OCc1ccccc1.Cl. The minimum atomic E-state index is -0.220. The first-order valence-corrected chi connectivity index (χ1v) is 10.3. The maximum atomic E-state index is 10.1. The van der Waals surface area contributed by atoms with Crippen molar-refractivity contribution < 1.29 is 9.84 Å². The lowest BCUT2D eigenvalue weighted by Crippen LogP contribution is -2.49. The van der Waals surface area contributed by atoms with Gasteiger partial charge in [-0.05, 0) is 36.1 Å². The molecule has 2 N–H and O–H groups in total. The fraction of sp³-hybridized carbons (Fsp3) is 0.500. The third kappa shape index (κ3) is 5.73. The second-order valence-electron chi connectivity index (χ2n) is 8.59. The van der Waals surface area contributed by atoms with E-state index in [4.69, 9.17) is 4.74 Å². The first-order valence-electron chi connectivity index (χ1n) is 10.3. The van der Waals surface area contributed by atoms with E-state index in [9.17, 15) is 5.11 Å². The van der Waals surface area contributed by atoms with Crippen molar-refractivity contribution in [3.8, 4) is 5.75 Å². The molecule has 29 heavy (non-hydrogen) atoms. The van der Waals surface area contributed by atoms with Crippen molar-refractivity contribution in [3.63, 3.8) is 0 Å². The van der Waals surface area contributed by atoms with Crippen molar-refractivity contribution in [2.24, 2.45) is 5.41 Å². The molecule has 1 aliphatic heterocycles. The summed E-state index contributed by atoms with van der Waals surface area (Å²) in [6.45, 7) is 13.3. The van der Waals surface area contributed by atoms with E-state index in [1.165, 1.54) is 11.1 Å². The normalized spacial score (nSPS) is 16.2. The summed E-state index contributed by atoms with van der Waals surface area (Å²) in [6, 6.07) is 14.9. The number of benzene rings is 2. The molecule has 160 valence electrons. The number of aliphatic hydroxyl groups is 1. The summed E-state index contributed by atoms with van der Waals surface area (Å²) in [5.41, 5.74) is 4.52. The average molecular weight is 419 g/mol. The molecule has 0 radical (unpaired) electrons. The van der Waals surface area contributed by atoms with Crippen LogP contribution >= 0.6 is 12.4 Å². The Kier molecular flexibility index (Phi) is 8.53. The van der Waals surface area contributed by atoms with Gasteiger partial charge in [0.25, 0.3) is 0 Å². The number of aliphatic hydroxyl groups excluding tert-OH is 1. The summed E-state index contributed by atoms with van der Waals surface area (Å²) in [4.78, 5) is 2.51. The lowest BCUT2D eigenvalue weighted by Gasteiger charge is -2.43. The van der Waals surface area contributed by atoms with Gasteiger partial charge in [0.15, 0.2) is 0 Å². The van der Waals surface area contributed by atoms with E-state index < -0.39 is 0 Å². The number of halogens is 1. The van der Waals surface area contributed by atoms with E-state index in [2.05, 4.69) is 62.2 Å². The molecule has 0 bridgehead atoms. The summed E-state index contributed by atoms with van der Waals surface area (Å²) < 4.78 is 6.17. The molecule has 1 saturated heterocycles. The Hall–Kier alpha value is -1.59. The molecule has 1 atom stereocenters. The predicted octanol–water partition coefficient (Wildman–Crippen LogP) is 4.27. The van der Waals surface area contributed by atoms with Crippen LogP contribution < -0.4 is 10.1 Å². The van der Waals surface area contributed by atoms with Gasteiger partial charge in [0.1, 0.15) is 12.4 Å². The van der Waals surface area contributed by atoms with Gasteiger partial charge in [0.05, 0.1) is 0 Å². The molecule has 0 aliphatic carbocycles. The number of hydrogen-bond acceptors (Lipinski definition) is 4. The minimum Gasteiger partial charge on any atom is -0.488 e. The highest BCUT2D eigenvalue weighted by atomic mass is 35.5. The zero-order chi connectivity index (χ0) is 20.1. The Morgan fingerprint density at radius 1 is 1.07 bits per heavy atom. The standard InChI is InChI=1S/C24H34N2O2.ClH/c1-18-14-21(23(24(3,4)17-27)26-12-10-25-11-13-26)15-19(2)22(18)28-16-20-8-6-5-7-9-20;/h5-9,14-15,23,25,27H,10-13,16-17H2,1-4H3;1H/t23-;/m1./s1. The number of ether oxygens (including phenoxy) is 1. The molecule has 0 saturated carbocycles. The van der Waals surface area contributed by atoms with Gasteiger partial charge < -0.3 is 15.2 Å². The summed E-state index contributed by atoms with van der Waals surface area (Å²) in [7, 11) is 0. The highest BCUT2D eigenvalue weighted by Crippen LogP contribution is 2.40. The number of nitrogens with one attached hydrogen (secondary N) is 1. The molecule has 0 amide bonds. The topological polar surface area (TPSA) is 44.7 Å². The molecule has 3 rings (SSSR count). The van der Waals surface area contributed by atoms with Gasteiger partial charge in [-0.2, -0.15) is 0 Å². The van der Waals surface area contributed by atoms with Crippen LogP contribution in [0.4, 0.5) is 0 Å². The Balaban J connectivity index is 0.00000300. The molecule has 2 aromatic rings. The van der Waals surface area contributed by atoms with E-state index >= 15 is 0 Å². The van der Waals surface area contributed by atoms with Crippen molar-refractivity contribution in [3.05, 3.63) is 64.7 Å². The zero-order valence-corrected chi connectivity index (χ0v) is 18.9. The smallest absolute Gasteiger partial charge is 0.125 e. The largest absolute Gasteiger partial charge is 0.488 e. The van der Waals surface area contributed by atoms with E-state index in [0.717, 1.165) is 43.1 Å². The fourth-order valence-electron chi connectivity index (χ4n) is 4.28. The van der Waals surface area contributed by atoms with E-state index in [1.807, 2.05) is 18.2 Å². The van der Waals surface area contributed by atoms with Gasteiger partial charge in [-0.25, -0.2) is 0 Å². The zero-order valence-electron chi connectivity index (χ0n) is 18.1. The highest BCUT2D eigenvalue weighted by molar-refractivity contribution is 5.85. The number of piperazine rings is 1. The van der Waals surface area contributed by atoms with Crippen molar-refractivity contribution in [2.45, 2.75) is 40.3 Å². The van der Waals surface area contributed by atoms with Crippen molar-refractivity contribution >= 4 is 12.4 Å². The van der Waals surface area contributed by atoms with Crippen molar-refractivity contribution in [2.75, 3.05) is 32.8 Å². The Bertz CT molecular complexity index is 751. The lowest BCUT2D eigenvalue weighted by molar-refractivity contribution is 0.0304. The summed E-state index contributed by atoms with van der Waals surface area (Å²) in [5, 5.41) is 13.5. The third-order valence-corrected chi connectivity index (χ3v) is 5.69. The highest BCUT2D eigenvalue weighted by Gasteiger charge is 2.36. The van der Waals surface area contributed by atoms with Gasteiger partial charge in [-0.3, -0.25) is 4.90 Å². The second-order valence-corrected chi connectivity index (χ2v) is 8.59. The van der Waals surface area contributed by atoms with Crippen molar-refractivity contribution in [1.29, 1.82) is 0 Å². The summed E-state index contributed by atoms with van der Waals surface area (Å²) in [5.74, 6) is 0.966. The number of hydrogen-bond donors (Lipinski definition) is 2. The molecule has 1 fully saturated rings. The van der Waals surface area contributed by atoms with Gasteiger partial charge in [0, 0.05) is 44.2 Å². The summed E-state index contributed by atoms with van der Waals surface area (Å²) >= 11 is 0. The Morgan fingerprint density at radius 3 is 2.21 bits per heavy atom. The molecular formula is C24H35ClN2O2.